The van der Waals surface area contributed by atoms with Gasteiger partial charge in [-0.25, -0.2) is 10.1 Å². The number of aliphatic imine (C=N–C) groups is 1. The Morgan fingerprint density at radius 2 is 2.04 bits per heavy atom. The van der Waals surface area contributed by atoms with Crippen molar-refractivity contribution in [1.82, 2.24) is 14.9 Å². The number of allylic oxidation sites excluding steroid dienone is 1. The molecule has 10 nitrogen and oxygen atoms in total. The van der Waals surface area contributed by atoms with E-state index in [0.717, 1.165) is 0 Å². The highest BCUT2D eigenvalue weighted by molar-refractivity contribution is 6.50. The third kappa shape index (κ3) is 2.53. The van der Waals surface area contributed by atoms with Crippen LogP contribution in [0.1, 0.15) is 32.4 Å². The van der Waals surface area contributed by atoms with Gasteiger partial charge in [0.25, 0.3) is 0 Å². The molecule has 0 aliphatic carbocycles. The second-order valence-corrected chi connectivity index (χ2v) is 6.06. The van der Waals surface area contributed by atoms with Gasteiger partial charge in [-0.15, -0.1) is 9.89 Å². The van der Waals surface area contributed by atoms with E-state index < -0.39 is 0 Å². The fraction of sp³-hybridized carbons (Fsp3) is 0.357. The Hall–Kier alpha value is -3.44. The molecule has 1 aromatic heterocycles. The Bertz CT molecular complexity index is 935. The molecular weight excluding hydrogens is 308 g/mol. The van der Waals surface area contributed by atoms with E-state index in [1.807, 2.05) is 20.8 Å². The minimum Gasteiger partial charge on any atom is -0.763 e. The molecule has 2 aliphatic heterocycles. The summed E-state index contributed by atoms with van der Waals surface area (Å²) in [5.74, 6) is 2.78. The Morgan fingerprint density at radius 1 is 1.29 bits per heavy atom. The van der Waals surface area contributed by atoms with Crippen LogP contribution in [0.3, 0.4) is 0 Å². The summed E-state index contributed by atoms with van der Waals surface area (Å²) in [6.45, 7) is 7.72. The number of guanidine groups is 1. The first-order chi connectivity index (χ1) is 11.3. The maximum absolute atomic E-state index is 8.90. The average Bonchev–Trinajstić information content (AvgIpc) is 3.16. The maximum Gasteiger partial charge on any atom is 0.204 e. The molecule has 0 saturated heterocycles. The summed E-state index contributed by atoms with van der Waals surface area (Å²) in [5, 5.41) is 38.4. The first kappa shape index (κ1) is 15.5. The molecule has 0 spiro atoms. The Labute approximate surface area is 137 Å². The van der Waals surface area contributed by atoms with Crippen LogP contribution in [0.15, 0.2) is 26.0 Å². The van der Waals surface area contributed by atoms with E-state index in [-0.39, 0.29) is 22.8 Å². The average molecular weight is 320 g/mol. The number of nitrogens with zero attached hydrogens (tertiary/aromatic N) is 10. The molecule has 0 radical (unpaired) electrons. The number of aromatic nitrogens is 3. The van der Waals surface area contributed by atoms with Gasteiger partial charge in [-0.05, 0) is 6.92 Å². The molecule has 0 aromatic carbocycles. The molecule has 0 atom stereocenters. The highest BCUT2D eigenvalue weighted by atomic mass is 15.6. The smallest absolute Gasteiger partial charge is 0.204 e. The van der Waals surface area contributed by atoms with Gasteiger partial charge in [0.2, 0.25) is 5.82 Å². The van der Waals surface area contributed by atoms with E-state index in [0.29, 0.717) is 23.1 Å². The normalized spacial score (nSPS) is 19.7. The van der Waals surface area contributed by atoms with Crippen molar-refractivity contribution >= 4 is 29.0 Å². The van der Waals surface area contributed by atoms with Crippen molar-refractivity contribution in [1.29, 1.82) is 5.26 Å². The third-order valence-corrected chi connectivity index (χ3v) is 3.14. The van der Waals surface area contributed by atoms with E-state index in [1.54, 1.807) is 18.9 Å². The van der Waals surface area contributed by atoms with Crippen LogP contribution in [0.2, 0.25) is 0 Å². The standard InChI is InChI=1S/C14H12N10/c1-7-17-12-10(11(14(2,3)4)23-24(12)22-7)20-21-13-18-8(5-15)9(6-16)19-13/h1-4H3/q-2. The highest BCUT2D eigenvalue weighted by Crippen LogP contribution is 2.25. The third-order valence-electron chi connectivity index (χ3n) is 3.14. The van der Waals surface area contributed by atoms with E-state index in [4.69, 9.17) is 10.7 Å². The molecule has 0 N–H and O–H groups in total. The summed E-state index contributed by atoms with van der Waals surface area (Å²) in [5.41, 5.74) is 0.685. The molecule has 10 heteroatoms. The summed E-state index contributed by atoms with van der Waals surface area (Å²) in [6.07, 6.45) is 0. The molecule has 1 aromatic rings. The van der Waals surface area contributed by atoms with Crippen molar-refractivity contribution in [2.75, 3.05) is 0 Å². The second-order valence-electron chi connectivity index (χ2n) is 6.06. The minimum atomic E-state index is -0.298. The van der Waals surface area contributed by atoms with Crippen molar-refractivity contribution in [2.45, 2.75) is 27.7 Å². The molecule has 0 bridgehead atoms. The van der Waals surface area contributed by atoms with Gasteiger partial charge in [0.1, 0.15) is 11.8 Å². The second kappa shape index (κ2) is 5.33. The van der Waals surface area contributed by atoms with E-state index in [2.05, 4.69) is 35.7 Å². The van der Waals surface area contributed by atoms with Gasteiger partial charge < -0.3 is 15.7 Å². The predicted molar refractivity (Wildman–Crippen MR) is 89.3 cm³/mol. The van der Waals surface area contributed by atoms with E-state index >= 15 is 0 Å². The van der Waals surface area contributed by atoms with E-state index in [1.165, 1.54) is 4.79 Å². The molecule has 0 unspecified atom stereocenters. The lowest BCUT2D eigenvalue weighted by atomic mass is 9.87. The summed E-state index contributed by atoms with van der Waals surface area (Å²) in [7, 11) is 0. The molecular formula is C14H12N10-2. The zero-order chi connectivity index (χ0) is 17.5. The highest BCUT2D eigenvalue weighted by Gasteiger charge is 2.33. The lowest BCUT2D eigenvalue weighted by Gasteiger charge is -2.17. The molecule has 0 fully saturated rings. The number of hydrogen-bond acceptors (Lipinski definition) is 6. The van der Waals surface area contributed by atoms with Crippen molar-refractivity contribution in [3.63, 3.8) is 0 Å². The van der Waals surface area contributed by atoms with Crippen LogP contribution in [0.4, 0.5) is 0 Å². The van der Waals surface area contributed by atoms with Gasteiger partial charge in [0, 0.05) is 17.1 Å². The lowest BCUT2D eigenvalue weighted by Crippen LogP contribution is -2.27. The first-order valence-electron chi connectivity index (χ1n) is 7.01. The largest absolute Gasteiger partial charge is 0.763 e. The van der Waals surface area contributed by atoms with Crippen molar-refractivity contribution < 1.29 is 0 Å². The SMILES string of the molecule is Cc1nc2n(n1)N=C(C(C)(C)C)C2=N/N=C1\N=C(C#N)C(=C=[N-])[N-]1. The van der Waals surface area contributed by atoms with E-state index in [9.17, 15) is 0 Å². The van der Waals surface area contributed by atoms with Crippen LogP contribution < -0.4 is 0 Å². The van der Waals surface area contributed by atoms with Gasteiger partial charge in [-0.1, -0.05) is 20.8 Å². The Balaban J connectivity index is 2.04. The van der Waals surface area contributed by atoms with Crippen LogP contribution in [0.25, 0.3) is 10.7 Å². The van der Waals surface area contributed by atoms with Crippen LogP contribution in [0.5, 0.6) is 0 Å². The minimum absolute atomic E-state index is 0.0569. The topological polar surface area (TPSA) is 140 Å². The quantitative estimate of drug-likeness (QED) is 0.570. The van der Waals surface area contributed by atoms with Gasteiger partial charge >= 0.3 is 0 Å². The maximum atomic E-state index is 8.90. The monoisotopic (exact) mass is 320 g/mol. The molecule has 3 heterocycles. The van der Waals surface area contributed by atoms with Crippen molar-refractivity contribution in [3.8, 4) is 6.07 Å². The molecule has 0 saturated carbocycles. The van der Waals surface area contributed by atoms with Crippen LogP contribution in [-0.2, 0) is 0 Å². The zero-order valence-corrected chi connectivity index (χ0v) is 13.5. The fourth-order valence-electron chi connectivity index (χ4n) is 2.09. The number of nitriles is 1. The fourth-order valence-corrected chi connectivity index (χ4v) is 2.09. The van der Waals surface area contributed by atoms with Crippen LogP contribution in [-0.4, -0.2) is 43.8 Å². The zero-order valence-electron chi connectivity index (χ0n) is 13.5. The Morgan fingerprint density at radius 3 is 2.62 bits per heavy atom. The molecule has 2 aliphatic rings. The molecule has 24 heavy (non-hydrogen) atoms. The van der Waals surface area contributed by atoms with Crippen LogP contribution in [0, 0.1) is 23.7 Å². The predicted octanol–water partition coefficient (Wildman–Crippen LogP) is 1.39. The van der Waals surface area contributed by atoms with Gasteiger partial charge in [-0.3, -0.25) is 11.0 Å². The summed E-state index contributed by atoms with van der Waals surface area (Å²) >= 11 is 0. The summed E-state index contributed by atoms with van der Waals surface area (Å²) in [6, 6.07) is 1.79. The summed E-state index contributed by atoms with van der Waals surface area (Å²) < 4.78 is 0. The number of hydrogen-bond donors (Lipinski definition) is 0. The van der Waals surface area contributed by atoms with Gasteiger partial charge in [0.05, 0.1) is 11.4 Å². The summed E-state index contributed by atoms with van der Waals surface area (Å²) in [4.78, 5) is 9.58. The molecule has 120 valence electrons. The number of aryl methyl sites for hydroxylation is 1. The van der Waals surface area contributed by atoms with Gasteiger partial charge in [-0.2, -0.15) is 10.4 Å². The number of rotatable bonds is 1. The van der Waals surface area contributed by atoms with Crippen LogP contribution >= 0.6 is 0 Å². The van der Waals surface area contributed by atoms with Crippen molar-refractivity contribution in [3.05, 3.63) is 28.1 Å². The van der Waals surface area contributed by atoms with Gasteiger partial charge in [0.15, 0.2) is 5.82 Å². The first-order valence-corrected chi connectivity index (χ1v) is 7.01. The number of fused-ring (bicyclic) bond motifs is 1. The van der Waals surface area contributed by atoms with Crippen molar-refractivity contribution in [2.24, 2.45) is 25.7 Å². The Kier molecular flexibility index (Phi) is 3.43. The molecule has 3 rings (SSSR count). The lowest BCUT2D eigenvalue weighted by molar-refractivity contribution is 0.589. The molecule has 0 amide bonds.